The fourth-order valence-electron chi connectivity index (χ4n) is 1.52. The van der Waals surface area contributed by atoms with Gasteiger partial charge in [-0.2, -0.15) is 0 Å². The molecule has 1 amide bonds. The second-order valence-electron chi connectivity index (χ2n) is 4.24. The van der Waals surface area contributed by atoms with Gasteiger partial charge in [-0.05, 0) is 38.9 Å². The van der Waals surface area contributed by atoms with E-state index in [0.717, 1.165) is 12.1 Å². The maximum absolute atomic E-state index is 11.9. The van der Waals surface area contributed by atoms with Gasteiger partial charge in [0.2, 0.25) is 0 Å². The highest BCUT2D eigenvalue weighted by Gasteiger charge is 2.10. The van der Waals surface area contributed by atoms with Gasteiger partial charge in [0, 0.05) is 18.3 Å². The Hall–Kier alpha value is -1.55. The molecule has 0 radical (unpaired) electrons. The zero-order valence-corrected chi connectivity index (χ0v) is 10.5. The van der Waals surface area contributed by atoms with Crippen LogP contribution in [0.25, 0.3) is 0 Å². The van der Waals surface area contributed by atoms with E-state index >= 15 is 0 Å². The van der Waals surface area contributed by atoms with E-state index in [1.165, 1.54) is 0 Å². The zero-order chi connectivity index (χ0) is 12.7. The lowest BCUT2D eigenvalue weighted by atomic mass is 10.1. The minimum absolute atomic E-state index is 0.0535. The number of carbonyl (C=O) groups excluding carboxylic acids is 1. The van der Waals surface area contributed by atoms with Crippen molar-refractivity contribution < 1.29 is 4.79 Å². The van der Waals surface area contributed by atoms with Gasteiger partial charge in [0.25, 0.3) is 5.91 Å². The molecule has 0 atom stereocenters. The summed E-state index contributed by atoms with van der Waals surface area (Å²) in [6.45, 7) is 5.30. The van der Waals surface area contributed by atoms with Crippen LogP contribution in [0, 0.1) is 0 Å². The van der Waals surface area contributed by atoms with Crippen molar-refractivity contribution in [1.82, 2.24) is 5.32 Å². The third kappa shape index (κ3) is 4.44. The molecule has 0 heterocycles. The van der Waals surface area contributed by atoms with Gasteiger partial charge in [0.15, 0.2) is 0 Å². The number of hydrogen-bond acceptors (Lipinski definition) is 3. The summed E-state index contributed by atoms with van der Waals surface area (Å²) in [5.74, 6) is -0.0535. The van der Waals surface area contributed by atoms with E-state index in [2.05, 4.69) is 10.6 Å². The summed E-state index contributed by atoms with van der Waals surface area (Å²) in [4.78, 5) is 11.9. The van der Waals surface area contributed by atoms with Crippen molar-refractivity contribution >= 4 is 11.6 Å². The fraction of sp³-hybridized carbons (Fsp3) is 0.462. The van der Waals surface area contributed by atoms with Crippen LogP contribution in [0.4, 0.5) is 5.69 Å². The molecule has 1 aromatic carbocycles. The van der Waals surface area contributed by atoms with Crippen molar-refractivity contribution in [1.29, 1.82) is 0 Å². The lowest BCUT2D eigenvalue weighted by Crippen LogP contribution is -2.27. The van der Waals surface area contributed by atoms with E-state index in [1.54, 1.807) is 0 Å². The topological polar surface area (TPSA) is 67.2 Å². The van der Waals surface area contributed by atoms with Crippen LogP contribution in [0.15, 0.2) is 24.3 Å². The van der Waals surface area contributed by atoms with Crippen molar-refractivity contribution in [3.05, 3.63) is 29.8 Å². The molecule has 0 saturated carbocycles. The number of carbonyl (C=O) groups is 1. The SMILES string of the molecule is CC(C)Nc1ccccc1C(=O)NCCCN. The number of nitrogens with one attached hydrogen (secondary N) is 2. The summed E-state index contributed by atoms with van der Waals surface area (Å²) in [6, 6.07) is 7.82. The number of benzene rings is 1. The standard InChI is InChI=1S/C13H21N3O/c1-10(2)16-12-7-4-3-6-11(12)13(17)15-9-5-8-14/h3-4,6-7,10,16H,5,8-9,14H2,1-2H3,(H,15,17). The summed E-state index contributed by atoms with van der Waals surface area (Å²) >= 11 is 0. The van der Waals surface area contributed by atoms with Gasteiger partial charge in [-0.3, -0.25) is 4.79 Å². The predicted molar refractivity (Wildman–Crippen MR) is 71.2 cm³/mol. The van der Waals surface area contributed by atoms with Crippen LogP contribution < -0.4 is 16.4 Å². The molecule has 0 aliphatic rings. The molecule has 17 heavy (non-hydrogen) atoms. The number of anilines is 1. The van der Waals surface area contributed by atoms with Crippen LogP contribution >= 0.6 is 0 Å². The summed E-state index contributed by atoms with van der Waals surface area (Å²) < 4.78 is 0. The van der Waals surface area contributed by atoms with E-state index < -0.39 is 0 Å². The Morgan fingerprint density at radius 2 is 2.06 bits per heavy atom. The second-order valence-corrected chi connectivity index (χ2v) is 4.24. The van der Waals surface area contributed by atoms with E-state index in [0.29, 0.717) is 24.7 Å². The summed E-state index contributed by atoms with van der Waals surface area (Å²) in [6.07, 6.45) is 0.797. The van der Waals surface area contributed by atoms with Crippen LogP contribution in [0.3, 0.4) is 0 Å². The average Bonchev–Trinajstić information content (AvgIpc) is 2.29. The highest BCUT2D eigenvalue weighted by Crippen LogP contribution is 2.15. The van der Waals surface area contributed by atoms with Gasteiger partial charge in [0.05, 0.1) is 5.56 Å². The van der Waals surface area contributed by atoms with E-state index in [9.17, 15) is 4.79 Å². The molecule has 1 rings (SSSR count). The normalized spacial score (nSPS) is 10.4. The molecular formula is C13H21N3O. The Labute approximate surface area is 103 Å². The molecule has 0 fully saturated rings. The maximum atomic E-state index is 11.9. The van der Waals surface area contributed by atoms with Gasteiger partial charge in [-0.25, -0.2) is 0 Å². The van der Waals surface area contributed by atoms with Crippen LogP contribution in [-0.4, -0.2) is 25.0 Å². The Balaban J connectivity index is 2.71. The van der Waals surface area contributed by atoms with Gasteiger partial charge in [-0.1, -0.05) is 12.1 Å². The monoisotopic (exact) mass is 235 g/mol. The molecule has 0 saturated heterocycles. The summed E-state index contributed by atoms with van der Waals surface area (Å²) in [7, 11) is 0. The average molecular weight is 235 g/mol. The van der Waals surface area contributed by atoms with Gasteiger partial charge < -0.3 is 16.4 Å². The number of nitrogens with two attached hydrogens (primary N) is 1. The van der Waals surface area contributed by atoms with Crippen LogP contribution in [-0.2, 0) is 0 Å². The van der Waals surface area contributed by atoms with Gasteiger partial charge in [-0.15, -0.1) is 0 Å². The number of hydrogen-bond donors (Lipinski definition) is 3. The highest BCUT2D eigenvalue weighted by molar-refractivity contribution is 5.99. The predicted octanol–water partition coefficient (Wildman–Crippen LogP) is 1.59. The molecular weight excluding hydrogens is 214 g/mol. The van der Waals surface area contributed by atoms with E-state index in [-0.39, 0.29) is 5.91 Å². The quantitative estimate of drug-likeness (QED) is 0.656. The highest BCUT2D eigenvalue weighted by atomic mass is 16.1. The molecule has 0 aromatic heterocycles. The van der Waals surface area contributed by atoms with Crippen molar-refractivity contribution in [2.24, 2.45) is 5.73 Å². The smallest absolute Gasteiger partial charge is 0.253 e. The zero-order valence-electron chi connectivity index (χ0n) is 10.5. The van der Waals surface area contributed by atoms with Gasteiger partial charge in [0.1, 0.15) is 0 Å². The molecule has 94 valence electrons. The molecule has 4 heteroatoms. The molecule has 4 N–H and O–H groups in total. The molecule has 0 spiro atoms. The minimum Gasteiger partial charge on any atom is -0.382 e. The van der Waals surface area contributed by atoms with Crippen molar-refractivity contribution in [2.75, 3.05) is 18.4 Å². The Morgan fingerprint density at radius 3 is 2.71 bits per heavy atom. The Kier molecular flexibility index (Phi) is 5.49. The second kappa shape index (κ2) is 6.91. The molecule has 0 aliphatic heterocycles. The fourth-order valence-corrected chi connectivity index (χ4v) is 1.52. The van der Waals surface area contributed by atoms with Crippen LogP contribution in [0.1, 0.15) is 30.6 Å². The van der Waals surface area contributed by atoms with E-state index in [1.807, 2.05) is 38.1 Å². The third-order valence-corrected chi connectivity index (χ3v) is 2.28. The minimum atomic E-state index is -0.0535. The maximum Gasteiger partial charge on any atom is 0.253 e. The van der Waals surface area contributed by atoms with Crippen molar-refractivity contribution in [3.8, 4) is 0 Å². The number of para-hydroxylation sites is 1. The van der Waals surface area contributed by atoms with Crippen LogP contribution in [0.2, 0.25) is 0 Å². The first-order valence-corrected chi connectivity index (χ1v) is 5.99. The Bertz CT molecular complexity index is 363. The lowest BCUT2D eigenvalue weighted by Gasteiger charge is -2.14. The summed E-state index contributed by atoms with van der Waals surface area (Å²) in [5.41, 5.74) is 6.93. The molecule has 0 bridgehead atoms. The molecule has 0 aliphatic carbocycles. The number of rotatable bonds is 6. The lowest BCUT2D eigenvalue weighted by molar-refractivity contribution is 0.0954. The molecule has 1 aromatic rings. The van der Waals surface area contributed by atoms with Crippen LogP contribution in [0.5, 0.6) is 0 Å². The first-order valence-electron chi connectivity index (χ1n) is 5.99. The van der Waals surface area contributed by atoms with Gasteiger partial charge >= 0.3 is 0 Å². The first kappa shape index (κ1) is 13.5. The first-order chi connectivity index (χ1) is 8.15. The van der Waals surface area contributed by atoms with Crippen molar-refractivity contribution in [2.45, 2.75) is 26.3 Å². The Morgan fingerprint density at radius 1 is 1.35 bits per heavy atom. The molecule has 0 unspecified atom stereocenters. The van der Waals surface area contributed by atoms with E-state index in [4.69, 9.17) is 5.73 Å². The van der Waals surface area contributed by atoms with Crippen molar-refractivity contribution in [3.63, 3.8) is 0 Å². The largest absolute Gasteiger partial charge is 0.382 e. The number of amides is 1. The third-order valence-electron chi connectivity index (χ3n) is 2.28. The molecule has 4 nitrogen and oxygen atoms in total. The summed E-state index contributed by atoms with van der Waals surface area (Å²) in [5, 5.41) is 6.11.